The fraction of sp³-hybridized carbons (Fsp3) is 0.115. The molecule has 1 aliphatic carbocycles. The first-order chi connectivity index (χ1) is 17.2. The van der Waals surface area contributed by atoms with E-state index in [9.17, 15) is 9.59 Å². The number of hydrogen-bond donors (Lipinski definition) is 2. The van der Waals surface area contributed by atoms with Crippen LogP contribution in [0, 0.1) is 0 Å². The first kappa shape index (κ1) is 20.8. The Balaban J connectivity index is 1.37. The second-order valence-electron chi connectivity index (χ2n) is 8.28. The number of carbonyl (C=O) groups excluding carboxylic acids is 1. The molecule has 172 valence electrons. The molecule has 0 fully saturated rings. The maximum atomic E-state index is 12.8. The van der Waals surface area contributed by atoms with Crippen molar-refractivity contribution in [2.45, 2.75) is 19.3 Å². The molecule has 9 heteroatoms. The minimum atomic E-state index is -0.507. The highest BCUT2D eigenvalue weighted by atomic mass is 16.4. The summed E-state index contributed by atoms with van der Waals surface area (Å²) in [5, 5.41) is 16.6. The Morgan fingerprint density at radius 3 is 2.83 bits per heavy atom. The lowest BCUT2D eigenvalue weighted by Gasteiger charge is -2.01. The van der Waals surface area contributed by atoms with Crippen molar-refractivity contribution in [1.82, 2.24) is 25.4 Å². The summed E-state index contributed by atoms with van der Waals surface area (Å²) >= 11 is 0. The zero-order valence-corrected chi connectivity index (χ0v) is 18.6. The Labute approximate surface area is 199 Å². The second-order valence-corrected chi connectivity index (χ2v) is 8.28. The number of aromatic nitrogens is 4. The van der Waals surface area contributed by atoms with Gasteiger partial charge in [0.2, 0.25) is 0 Å². The van der Waals surface area contributed by atoms with Gasteiger partial charge in [0.25, 0.3) is 5.91 Å². The van der Waals surface area contributed by atoms with Crippen molar-refractivity contribution in [2.24, 2.45) is 5.10 Å². The third-order valence-corrected chi connectivity index (χ3v) is 6.05. The molecular weight excluding hydrogens is 444 g/mol. The van der Waals surface area contributed by atoms with E-state index in [-0.39, 0.29) is 5.91 Å². The first-order valence-electron chi connectivity index (χ1n) is 11.3. The lowest BCUT2D eigenvalue weighted by molar-refractivity contribution is 0.0949. The molecule has 3 heterocycles. The number of carbonyl (C=O) groups is 1. The summed E-state index contributed by atoms with van der Waals surface area (Å²) in [5.41, 5.74) is 6.92. The summed E-state index contributed by atoms with van der Waals surface area (Å²) in [5.74, 6) is -0.386. The van der Waals surface area contributed by atoms with Crippen molar-refractivity contribution >= 4 is 23.1 Å². The van der Waals surface area contributed by atoms with Crippen LogP contribution in [0.1, 0.15) is 33.7 Å². The number of nitrogens with one attached hydrogen (secondary N) is 2. The molecule has 2 aromatic carbocycles. The summed E-state index contributed by atoms with van der Waals surface area (Å²) < 4.78 is 7.18. The Morgan fingerprint density at radius 2 is 1.94 bits per heavy atom. The quantitative estimate of drug-likeness (QED) is 0.234. The van der Waals surface area contributed by atoms with Crippen molar-refractivity contribution in [3.05, 3.63) is 99.8 Å². The van der Waals surface area contributed by atoms with Gasteiger partial charge in [-0.2, -0.15) is 15.3 Å². The zero-order chi connectivity index (χ0) is 23.8. The van der Waals surface area contributed by atoms with E-state index in [1.807, 2.05) is 48.5 Å². The molecule has 1 amide bonds. The van der Waals surface area contributed by atoms with Gasteiger partial charge in [0.15, 0.2) is 5.69 Å². The highest BCUT2D eigenvalue weighted by Gasteiger charge is 2.23. The van der Waals surface area contributed by atoms with Crippen molar-refractivity contribution in [1.29, 1.82) is 0 Å². The SMILES string of the molecule is O=C(N/N=C/c1cn(-c2ccccc2)nc1-c1cc2ccccc2oc1=O)c1n[nH]c2c1CCC2. The number of aromatic amines is 1. The monoisotopic (exact) mass is 464 g/mol. The molecule has 0 atom stereocenters. The van der Waals surface area contributed by atoms with Crippen molar-refractivity contribution in [2.75, 3.05) is 0 Å². The minimum Gasteiger partial charge on any atom is -0.422 e. The number of fused-ring (bicyclic) bond motifs is 2. The van der Waals surface area contributed by atoms with Crippen molar-refractivity contribution in [3.63, 3.8) is 0 Å². The maximum absolute atomic E-state index is 12.8. The van der Waals surface area contributed by atoms with Crippen LogP contribution in [0.15, 0.2) is 81.2 Å². The number of amides is 1. The molecule has 0 unspecified atom stereocenters. The maximum Gasteiger partial charge on any atom is 0.345 e. The van der Waals surface area contributed by atoms with Gasteiger partial charge in [-0.1, -0.05) is 36.4 Å². The highest BCUT2D eigenvalue weighted by molar-refractivity contribution is 5.96. The summed E-state index contributed by atoms with van der Waals surface area (Å²) in [6.07, 6.45) is 5.95. The number of hydrogen-bond acceptors (Lipinski definition) is 6. The van der Waals surface area contributed by atoms with E-state index in [0.717, 1.165) is 41.6 Å². The molecule has 0 saturated heterocycles. The van der Waals surface area contributed by atoms with Gasteiger partial charge in [-0.05, 0) is 43.5 Å². The fourth-order valence-corrected chi connectivity index (χ4v) is 4.35. The number of nitrogens with zero attached hydrogens (tertiary/aromatic N) is 4. The van der Waals surface area contributed by atoms with E-state index in [4.69, 9.17) is 4.42 Å². The molecule has 2 N–H and O–H groups in total. The van der Waals surface area contributed by atoms with Gasteiger partial charge < -0.3 is 4.42 Å². The van der Waals surface area contributed by atoms with Gasteiger partial charge in [-0.3, -0.25) is 9.89 Å². The van der Waals surface area contributed by atoms with Crippen LogP contribution in [0.4, 0.5) is 0 Å². The largest absolute Gasteiger partial charge is 0.422 e. The molecule has 0 spiro atoms. The number of aryl methyl sites for hydroxylation is 1. The highest BCUT2D eigenvalue weighted by Crippen LogP contribution is 2.24. The summed E-state index contributed by atoms with van der Waals surface area (Å²) in [6.45, 7) is 0. The normalized spacial score (nSPS) is 12.9. The zero-order valence-electron chi connectivity index (χ0n) is 18.6. The molecule has 5 aromatic rings. The van der Waals surface area contributed by atoms with E-state index in [1.54, 1.807) is 23.0 Å². The van der Waals surface area contributed by atoms with Gasteiger partial charge in [-0.15, -0.1) is 0 Å². The van der Waals surface area contributed by atoms with Gasteiger partial charge in [0.1, 0.15) is 11.3 Å². The minimum absolute atomic E-state index is 0.302. The Bertz CT molecular complexity index is 1640. The van der Waals surface area contributed by atoms with E-state index in [2.05, 4.69) is 25.8 Å². The number of hydrazone groups is 1. The summed E-state index contributed by atoms with van der Waals surface area (Å²) in [6, 6.07) is 18.6. The van der Waals surface area contributed by atoms with Crippen LogP contribution in [0.25, 0.3) is 27.9 Å². The molecule has 35 heavy (non-hydrogen) atoms. The summed E-state index contributed by atoms with van der Waals surface area (Å²) in [7, 11) is 0. The van der Waals surface area contributed by atoms with Crippen LogP contribution in [-0.4, -0.2) is 32.1 Å². The fourth-order valence-electron chi connectivity index (χ4n) is 4.35. The van der Waals surface area contributed by atoms with Crippen LogP contribution in [0.3, 0.4) is 0 Å². The standard InChI is InChI=1S/C26H20N6O3/c33-25(24-19-10-6-11-21(19)28-29-24)30-27-14-17-15-32(18-8-2-1-3-9-18)31-23(17)20-13-16-7-4-5-12-22(16)35-26(20)34/h1-5,7-9,12-15H,6,10-11H2,(H,28,29)(H,30,33)/b27-14+. The van der Waals surface area contributed by atoms with Gasteiger partial charge in [0, 0.05) is 28.4 Å². The van der Waals surface area contributed by atoms with Crippen LogP contribution in [0.5, 0.6) is 0 Å². The van der Waals surface area contributed by atoms with Gasteiger partial charge in [0.05, 0.1) is 17.5 Å². The lowest BCUT2D eigenvalue weighted by Crippen LogP contribution is -2.19. The first-order valence-corrected chi connectivity index (χ1v) is 11.3. The smallest absolute Gasteiger partial charge is 0.345 e. The van der Waals surface area contributed by atoms with E-state index >= 15 is 0 Å². The molecule has 9 nitrogen and oxygen atoms in total. The average Bonchev–Trinajstić information content (AvgIpc) is 3.60. The van der Waals surface area contributed by atoms with Crippen LogP contribution >= 0.6 is 0 Å². The average molecular weight is 464 g/mol. The van der Waals surface area contributed by atoms with Gasteiger partial charge in [-0.25, -0.2) is 14.9 Å². The predicted octanol–water partition coefficient (Wildman–Crippen LogP) is 3.62. The van der Waals surface area contributed by atoms with Crippen LogP contribution < -0.4 is 11.1 Å². The third kappa shape index (κ3) is 3.82. The molecule has 0 saturated carbocycles. The number of benzene rings is 2. The number of H-pyrrole nitrogens is 1. The predicted molar refractivity (Wildman–Crippen MR) is 131 cm³/mol. The molecule has 0 aliphatic heterocycles. The molecular formula is C26H20N6O3. The summed E-state index contributed by atoms with van der Waals surface area (Å²) in [4.78, 5) is 25.5. The number of rotatable bonds is 5. The molecule has 0 bridgehead atoms. The number of para-hydroxylation sites is 2. The van der Waals surface area contributed by atoms with E-state index in [0.29, 0.717) is 28.1 Å². The lowest BCUT2D eigenvalue weighted by atomic mass is 10.1. The Kier molecular flexibility index (Phi) is 5.07. The van der Waals surface area contributed by atoms with Gasteiger partial charge >= 0.3 is 5.63 Å². The van der Waals surface area contributed by atoms with E-state index < -0.39 is 5.63 Å². The van der Waals surface area contributed by atoms with Crippen LogP contribution in [0.2, 0.25) is 0 Å². The van der Waals surface area contributed by atoms with E-state index in [1.165, 1.54) is 6.21 Å². The Morgan fingerprint density at radius 1 is 1.11 bits per heavy atom. The molecule has 1 aliphatic rings. The molecule has 6 rings (SSSR count). The molecule has 3 aromatic heterocycles. The second kappa shape index (κ2) is 8.53. The topological polar surface area (TPSA) is 118 Å². The van der Waals surface area contributed by atoms with Crippen LogP contribution in [-0.2, 0) is 12.8 Å². The molecule has 0 radical (unpaired) electrons. The van der Waals surface area contributed by atoms with Crippen molar-refractivity contribution in [3.8, 4) is 16.9 Å². The third-order valence-electron chi connectivity index (χ3n) is 6.05. The van der Waals surface area contributed by atoms with Crippen molar-refractivity contribution < 1.29 is 9.21 Å². The Hall–Kier alpha value is -4.79.